The van der Waals surface area contributed by atoms with Crippen molar-refractivity contribution in [1.29, 1.82) is 0 Å². The van der Waals surface area contributed by atoms with Crippen LogP contribution in [0.3, 0.4) is 0 Å². The molecule has 86 valence electrons. The van der Waals surface area contributed by atoms with Crippen LogP contribution in [0.25, 0.3) is 0 Å². The molecule has 0 heterocycles. The minimum atomic E-state index is -3.02. The first-order chi connectivity index (χ1) is 7.45. The van der Waals surface area contributed by atoms with E-state index in [9.17, 15) is 18.4 Å². The van der Waals surface area contributed by atoms with Gasteiger partial charge in [0.1, 0.15) is 5.75 Å². The number of hydrogen-bond acceptors (Lipinski definition) is 3. The molecule has 0 saturated carbocycles. The van der Waals surface area contributed by atoms with Crippen LogP contribution in [-0.2, 0) is 0 Å². The standard InChI is InChI=1S/C10H7ClF2O3/c1-5(15)7-2-6(16-10(12)13)3-9(11)8(7)4-14/h2-4,10H,1H3. The van der Waals surface area contributed by atoms with Crippen LogP contribution in [0.2, 0.25) is 5.02 Å². The summed E-state index contributed by atoms with van der Waals surface area (Å²) in [7, 11) is 0. The Labute approximate surface area is 95.0 Å². The average Bonchev–Trinajstić information content (AvgIpc) is 2.15. The summed E-state index contributed by atoms with van der Waals surface area (Å²) in [6, 6.07) is 2.12. The van der Waals surface area contributed by atoms with Gasteiger partial charge in [-0.3, -0.25) is 9.59 Å². The number of halogens is 3. The zero-order valence-corrected chi connectivity index (χ0v) is 8.92. The Hall–Kier alpha value is -1.49. The Morgan fingerprint density at radius 3 is 2.56 bits per heavy atom. The van der Waals surface area contributed by atoms with Gasteiger partial charge in [0.25, 0.3) is 0 Å². The lowest BCUT2D eigenvalue weighted by Gasteiger charge is -2.08. The number of hydrogen-bond donors (Lipinski definition) is 0. The number of ether oxygens (including phenoxy) is 1. The van der Waals surface area contributed by atoms with Gasteiger partial charge >= 0.3 is 6.61 Å². The van der Waals surface area contributed by atoms with Crippen LogP contribution in [0, 0.1) is 0 Å². The minimum absolute atomic E-state index is 0.0317. The van der Waals surface area contributed by atoms with E-state index < -0.39 is 12.4 Å². The van der Waals surface area contributed by atoms with E-state index >= 15 is 0 Å². The Kier molecular flexibility index (Phi) is 3.95. The van der Waals surface area contributed by atoms with Crippen molar-refractivity contribution in [2.24, 2.45) is 0 Å². The maximum absolute atomic E-state index is 11.9. The molecule has 0 atom stereocenters. The molecule has 0 fully saturated rings. The SMILES string of the molecule is CC(=O)c1cc(OC(F)F)cc(Cl)c1C=O. The summed E-state index contributed by atoms with van der Waals surface area (Å²) in [4.78, 5) is 21.8. The van der Waals surface area contributed by atoms with E-state index in [1.165, 1.54) is 6.92 Å². The highest BCUT2D eigenvalue weighted by Gasteiger charge is 2.15. The quantitative estimate of drug-likeness (QED) is 0.608. The number of alkyl halides is 2. The molecule has 0 spiro atoms. The molecule has 0 unspecified atom stereocenters. The smallest absolute Gasteiger partial charge is 0.387 e. The van der Waals surface area contributed by atoms with Crippen molar-refractivity contribution in [3.05, 3.63) is 28.3 Å². The van der Waals surface area contributed by atoms with Crippen LogP contribution in [0.15, 0.2) is 12.1 Å². The zero-order valence-electron chi connectivity index (χ0n) is 8.17. The number of ketones is 1. The van der Waals surface area contributed by atoms with Crippen LogP contribution in [0.4, 0.5) is 8.78 Å². The third kappa shape index (κ3) is 2.76. The van der Waals surface area contributed by atoms with Gasteiger partial charge in [-0.05, 0) is 19.1 Å². The van der Waals surface area contributed by atoms with Crippen molar-refractivity contribution in [3.63, 3.8) is 0 Å². The van der Waals surface area contributed by atoms with Crippen LogP contribution in [-0.4, -0.2) is 18.7 Å². The number of rotatable bonds is 4. The summed E-state index contributed by atoms with van der Waals surface area (Å²) < 4.78 is 28.0. The second-order valence-corrected chi connectivity index (χ2v) is 3.33. The summed E-state index contributed by atoms with van der Waals surface area (Å²) in [5.41, 5.74) is -0.0751. The predicted molar refractivity (Wildman–Crippen MR) is 53.5 cm³/mol. The predicted octanol–water partition coefficient (Wildman–Crippen LogP) is 2.96. The first-order valence-corrected chi connectivity index (χ1v) is 4.58. The van der Waals surface area contributed by atoms with Crippen molar-refractivity contribution in [2.75, 3.05) is 0 Å². The van der Waals surface area contributed by atoms with Gasteiger partial charge in [0.05, 0.1) is 5.02 Å². The van der Waals surface area contributed by atoms with Crippen molar-refractivity contribution in [2.45, 2.75) is 13.5 Å². The second-order valence-electron chi connectivity index (χ2n) is 2.92. The van der Waals surface area contributed by atoms with Gasteiger partial charge < -0.3 is 4.74 Å². The van der Waals surface area contributed by atoms with Gasteiger partial charge in [-0.15, -0.1) is 0 Å². The number of carbonyl (C=O) groups excluding carboxylic acids is 2. The molecule has 0 bridgehead atoms. The summed E-state index contributed by atoms with van der Waals surface area (Å²) in [6.07, 6.45) is 0.394. The first kappa shape index (κ1) is 12.6. The molecule has 0 saturated heterocycles. The number of Topliss-reactive ketones (excluding diaryl/α,β-unsaturated/α-hetero) is 1. The van der Waals surface area contributed by atoms with Gasteiger partial charge in [-0.2, -0.15) is 8.78 Å². The van der Waals surface area contributed by atoms with Gasteiger partial charge in [-0.25, -0.2) is 0 Å². The lowest BCUT2D eigenvalue weighted by molar-refractivity contribution is -0.0498. The fourth-order valence-electron chi connectivity index (χ4n) is 1.17. The molecule has 0 aliphatic heterocycles. The van der Waals surface area contributed by atoms with E-state index in [2.05, 4.69) is 4.74 Å². The third-order valence-electron chi connectivity index (χ3n) is 1.83. The Balaban J connectivity index is 3.28. The lowest BCUT2D eigenvalue weighted by atomic mass is 10.0. The third-order valence-corrected chi connectivity index (χ3v) is 2.14. The molecule has 0 radical (unpaired) electrons. The Morgan fingerprint density at radius 2 is 2.12 bits per heavy atom. The summed E-state index contributed by atoms with van der Waals surface area (Å²) in [5, 5.41) is -0.0987. The van der Waals surface area contributed by atoms with E-state index in [0.717, 1.165) is 12.1 Å². The fourth-order valence-corrected chi connectivity index (χ4v) is 1.43. The molecule has 16 heavy (non-hydrogen) atoms. The number of carbonyl (C=O) groups is 2. The van der Waals surface area contributed by atoms with E-state index in [-0.39, 0.29) is 21.9 Å². The molecule has 0 N–H and O–H groups in total. The van der Waals surface area contributed by atoms with Crippen LogP contribution < -0.4 is 4.74 Å². The molecule has 1 aromatic carbocycles. The van der Waals surface area contributed by atoms with Crippen molar-refractivity contribution < 1.29 is 23.1 Å². The highest BCUT2D eigenvalue weighted by Crippen LogP contribution is 2.27. The Morgan fingerprint density at radius 1 is 1.50 bits per heavy atom. The van der Waals surface area contributed by atoms with Crippen molar-refractivity contribution in [1.82, 2.24) is 0 Å². The van der Waals surface area contributed by atoms with E-state index in [0.29, 0.717) is 6.29 Å². The fraction of sp³-hybridized carbons (Fsp3) is 0.200. The largest absolute Gasteiger partial charge is 0.435 e. The molecule has 0 aromatic heterocycles. The molecule has 6 heteroatoms. The van der Waals surface area contributed by atoms with Crippen LogP contribution >= 0.6 is 11.6 Å². The molecule has 3 nitrogen and oxygen atoms in total. The highest BCUT2D eigenvalue weighted by molar-refractivity contribution is 6.34. The van der Waals surface area contributed by atoms with Crippen molar-refractivity contribution in [3.8, 4) is 5.75 Å². The van der Waals surface area contributed by atoms with Gasteiger partial charge in [0.2, 0.25) is 0 Å². The molecular weight excluding hydrogens is 242 g/mol. The van der Waals surface area contributed by atoms with E-state index in [4.69, 9.17) is 11.6 Å². The summed E-state index contributed by atoms with van der Waals surface area (Å²) >= 11 is 5.65. The number of benzene rings is 1. The molecule has 1 aromatic rings. The molecule has 0 aliphatic rings. The lowest BCUT2D eigenvalue weighted by Crippen LogP contribution is -2.05. The Bertz CT molecular complexity index is 432. The van der Waals surface area contributed by atoms with Gasteiger partial charge in [-0.1, -0.05) is 11.6 Å². The average molecular weight is 249 g/mol. The second kappa shape index (κ2) is 5.03. The molecule has 1 rings (SSSR count). The first-order valence-electron chi connectivity index (χ1n) is 4.20. The monoisotopic (exact) mass is 248 g/mol. The topological polar surface area (TPSA) is 43.4 Å². The van der Waals surface area contributed by atoms with Crippen molar-refractivity contribution >= 4 is 23.7 Å². The zero-order chi connectivity index (χ0) is 12.3. The van der Waals surface area contributed by atoms with Crippen LogP contribution in [0.1, 0.15) is 27.6 Å². The van der Waals surface area contributed by atoms with E-state index in [1.54, 1.807) is 0 Å². The van der Waals surface area contributed by atoms with Crippen LogP contribution in [0.5, 0.6) is 5.75 Å². The highest BCUT2D eigenvalue weighted by atomic mass is 35.5. The molecule has 0 aliphatic carbocycles. The number of aldehydes is 1. The normalized spacial score (nSPS) is 10.3. The maximum Gasteiger partial charge on any atom is 0.387 e. The molecule has 0 amide bonds. The molecular formula is C10H7ClF2O3. The summed E-state index contributed by atoms with van der Waals surface area (Å²) in [6.45, 7) is -1.82. The van der Waals surface area contributed by atoms with Gasteiger partial charge in [0.15, 0.2) is 12.1 Å². The minimum Gasteiger partial charge on any atom is -0.435 e. The van der Waals surface area contributed by atoms with E-state index in [1.807, 2.05) is 0 Å². The van der Waals surface area contributed by atoms with Gasteiger partial charge in [0, 0.05) is 11.1 Å². The maximum atomic E-state index is 11.9. The summed E-state index contributed by atoms with van der Waals surface area (Å²) in [5.74, 6) is -0.709.